The second-order valence-electron chi connectivity index (χ2n) is 16.2. The fraction of sp³-hybridized carbons (Fsp3) is 0.532. The summed E-state index contributed by atoms with van der Waals surface area (Å²) in [6.45, 7) is 15.5. The van der Waals surface area contributed by atoms with E-state index in [1.165, 1.54) is 0 Å². The van der Waals surface area contributed by atoms with Crippen LogP contribution in [0.15, 0.2) is 73.3 Å². The van der Waals surface area contributed by atoms with Gasteiger partial charge in [0, 0.05) is 42.9 Å². The molecule has 350 valence electrons. The third-order valence-electron chi connectivity index (χ3n) is 9.65. The van der Waals surface area contributed by atoms with Crippen molar-refractivity contribution in [2.45, 2.75) is 58.7 Å². The average Bonchev–Trinajstić information content (AvgIpc) is 3.71. The van der Waals surface area contributed by atoms with Gasteiger partial charge in [0.2, 0.25) is 0 Å². The smallest absolute Gasteiger partial charge is 0.407 e. The average molecular weight is 891 g/mol. The Balaban J connectivity index is 1.02. The minimum Gasteiger partial charge on any atom is -0.491 e. The van der Waals surface area contributed by atoms with Crippen molar-refractivity contribution in [2.24, 2.45) is 0 Å². The number of amides is 2. The van der Waals surface area contributed by atoms with Gasteiger partial charge in [0.15, 0.2) is 0 Å². The molecule has 1 fully saturated rings. The van der Waals surface area contributed by atoms with Crippen molar-refractivity contribution in [3.05, 3.63) is 90.3 Å². The summed E-state index contributed by atoms with van der Waals surface area (Å²) >= 11 is 0. The lowest BCUT2D eigenvalue weighted by Gasteiger charge is -2.33. The van der Waals surface area contributed by atoms with Gasteiger partial charge in [-0.05, 0) is 106 Å². The molecule has 0 saturated carbocycles. The summed E-state index contributed by atoms with van der Waals surface area (Å²) in [5, 5.41) is 14.8. The molecule has 5 rings (SSSR count). The van der Waals surface area contributed by atoms with E-state index < -0.39 is 11.7 Å². The van der Waals surface area contributed by atoms with Crippen LogP contribution in [-0.4, -0.2) is 154 Å². The minimum atomic E-state index is -0.564. The van der Waals surface area contributed by atoms with Gasteiger partial charge in [-0.3, -0.25) is 14.7 Å². The second-order valence-corrected chi connectivity index (χ2v) is 16.2. The largest absolute Gasteiger partial charge is 0.491 e. The van der Waals surface area contributed by atoms with E-state index in [-0.39, 0.29) is 24.2 Å². The normalized spacial score (nSPS) is 14.4. The number of imidazole rings is 1. The van der Waals surface area contributed by atoms with Crippen LogP contribution >= 0.6 is 0 Å². The van der Waals surface area contributed by atoms with Crippen molar-refractivity contribution < 1.29 is 52.6 Å². The molecule has 0 spiro atoms. The Kier molecular flexibility index (Phi) is 21.4. The van der Waals surface area contributed by atoms with Crippen molar-refractivity contribution in [1.29, 1.82) is 0 Å². The van der Waals surface area contributed by atoms with Gasteiger partial charge in [0.05, 0.1) is 97.9 Å². The number of carbonyl (C=O) groups excluding carboxylic acids is 2. The molecule has 2 amide bonds. The molecule has 0 bridgehead atoms. The fourth-order valence-corrected chi connectivity index (χ4v) is 6.76. The summed E-state index contributed by atoms with van der Waals surface area (Å²) in [4.78, 5) is 37.3. The number of benzene rings is 2. The van der Waals surface area contributed by atoms with E-state index in [0.717, 1.165) is 47.5 Å². The summed E-state index contributed by atoms with van der Waals surface area (Å²) in [7, 11) is 0. The van der Waals surface area contributed by atoms with Gasteiger partial charge in [0.1, 0.15) is 23.7 Å². The van der Waals surface area contributed by atoms with Gasteiger partial charge in [-0.1, -0.05) is 12.1 Å². The van der Waals surface area contributed by atoms with Crippen LogP contribution in [-0.2, 0) is 39.7 Å². The third-order valence-corrected chi connectivity index (χ3v) is 9.65. The maximum absolute atomic E-state index is 13.7. The Morgan fingerprint density at radius 2 is 1.39 bits per heavy atom. The van der Waals surface area contributed by atoms with Gasteiger partial charge in [-0.2, -0.15) is 0 Å². The molecule has 1 aliphatic heterocycles. The summed E-state index contributed by atoms with van der Waals surface area (Å²) in [5.74, 6) is 0.375. The highest BCUT2D eigenvalue weighted by atomic mass is 16.6. The number of aliphatic hydroxyl groups excluding tert-OH is 1. The third kappa shape index (κ3) is 19.0. The van der Waals surface area contributed by atoms with Crippen LogP contribution in [0.4, 0.5) is 10.5 Å². The number of likely N-dealkylation sites (tertiary alicyclic amines) is 1. The van der Waals surface area contributed by atoms with Crippen LogP contribution in [0.25, 0.3) is 16.8 Å². The Morgan fingerprint density at radius 3 is 1.98 bits per heavy atom. The number of carbonyl (C=O) groups is 2. The summed E-state index contributed by atoms with van der Waals surface area (Å²) < 4.78 is 45.9. The summed E-state index contributed by atoms with van der Waals surface area (Å²) in [6, 6.07) is 17.3. The van der Waals surface area contributed by atoms with Gasteiger partial charge in [-0.15, -0.1) is 0 Å². The predicted molar refractivity (Wildman–Crippen MR) is 241 cm³/mol. The number of aliphatic hydroxyl groups is 1. The number of alkyl carbamates (subject to hydrolysis) is 1. The quantitative estimate of drug-likeness (QED) is 0.0611. The molecule has 17 heteroatoms. The molecule has 0 aliphatic carbocycles. The Bertz CT molecular complexity index is 1970. The number of aromatic nitrogens is 3. The predicted octanol–water partition coefficient (Wildman–Crippen LogP) is 5.45. The Hall–Kier alpha value is -4.98. The van der Waals surface area contributed by atoms with Crippen molar-refractivity contribution in [1.82, 2.24) is 24.8 Å². The highest BCUT2D eigenvalue weighted by Crippen LogP contribution is 2.25. The highest BCUT2D eigenvalue weighted by Gasteiger charge is 2.25. The molecular weight excluding hydrogens is 825 g/mol. The molecule has 0 radical (unpaired) electrons. The molecule has 2 aromatic carbocycles. The Morgan fingerprint density at radius 1 is 0.766 bits per heavy atom. The molecule has 1 aliphatic rings. The van der Waals surface area contributed by atoms with E-state index in [2.05, 4.69) is 31.6 Å². The number of hydrogen-bond acceptors (Lipinski definition) is 14. The molecule has 1 saturated heterocycles. The molecule has 2 aromatic heterocycles. The molecule has 3 heterocycles. The topological polar surface area (TPSA) is 186 Å². The zero-order chi connectivity index (χ0) is 45.4. The molecule has 3 N–H and O–H groups in total. The van der Waals surface area contributed by atoms with Crippen molar-refractivity contribution in [2.75, 3.05) is 111 Å². The number of piperidine rings is 1. The Labute approximate surface area is 376 Å². The molecular formula is C47H66N6O11. The molecule has 64 heavy (non-hydrogen) atoms. The number of aryl methyl sites for hydroxylation is 1. The van der Waals surface area contributed by atoms with Gasteiger partial charge in [-0.25, -0.2) is 9.78 Å². The summed E-state index contributed by atoms with van der Waals surface area (Å²) in [5.41, 5.74) is 4.87. The molecule has 4 aromatic rings. The number of hydrogen-bond donors (Lipinski definition) is 3. The molecule has 1 atom stereocenters. The van der Waals surface area contributed by atoms with E-state index in [1.807, 2.05) is 80.9 Å². The van der Waals surface area contributed by atoms with Crippen molar-refractivity contribution >= 4 is 17.7 Å². The monoisotopic (exact) mass is 890 g/mol. The minimum absolute atomic E-state index is 0.0119. The highest BCUT2D eigenvalue weighted by molar-refractivity contribution is 6.03. The van der Waals surface area contributed by atoms with Crippen molar-refractivity contribution in [3.8, 4) is 22.6 Å². The van der Waals surface area contributed by atoms with Crippen molar-refractivity contribution in [3.63, 3.8) is 0 Å². The van der Waals surface area contributed by atoms with Gasteiger partial charge < -0.3 is 58.2 Å². The maximum Gasteiger partial charge on any atom is 0.407 e. The number of pyridine rings is 1. The first-order valence-electron chi connectivity index (χ1n) is 22.0. The molecule has 0 unspecified atom stereocenters. The van der Waals surface area contributed by atoms with Crippen LogP contribution < -0.4 is 15.4 Å². The van der Waals surface area contributed by atoms with E-state index in [0.29, 0.717) is 110 Å². The standard InChI is InChI=1S/C47H66N6O11/c1-36-32-53(35-49-36)42-29-37(33-52-13-5-6-40(34-52)51-46(56)64-47(2,3)4)28-41(31-42)50-45(55)44-30-39(11-12-48-44)38-7-9-43(10-8-38)63-27-26-62-25-24-61-23-22-60-21-20-59-19-18-58-17-16-57-15-14-54/h7-12,28-32,35,40,54H,5-6,13-27,33-34H2,1-4H3,(H,50,55)(H,51,56)/t40-/m0/s1. The number of rotatable bonds is 28. The lowest BCUT2D eigenvalue weighted by molar-refractivity contribution is -0.0191. The SMILES string of the molecule is Cc1cn(-c2cc(CN3CCC[C@H](NC(=O)OC(C)(C)C)C3)cc(NC(=O)c3cc(-c4ccc(OCCOCCOCCOCCOCCOCCOCCO)cc4)ccn3)c2)cn1. The van der Waals surface area contributed by atoms with E-state index in [1.54, 1.807) is 18.6 Å². The van der Waals surface area contributed by atoms with E-state index in [9.17, 15) is 9.59 Å². The number of nitrogens with zero attached hydrogens (tertiary/aromatic N) is 4. The van der Waals surface area contributed by atoms with Crippen LogP contribution in [0.3, 0.4) is 0 Å². The first kappa shape index (κ1) is 50.0. The fourth-order valence-electron chi connectivity index (χ4n) is 6.76. The number of nitrogens with one attached hydrogen (secondary N) is 2. The second kappa shape index (κ2) is 27.4. The van der Waals surface area contributed by atoms with E-state index in [4.69, 9.17) is 43.0 Å². The first-order chi connectivity index (χ1) is 31.0. The lowest BCUT2D eigenvalue weighted by atomic mass is 10.0. The number of anilines is 1. The van der Waals surface area contributed by atoms with Crippen LogP contribution in [0.1, 0.15) is 55.4 Å². The zero-order valence-electron chi connectivity index (χ0n) is 37.8. The lowest BCUT2D eigenvalue weighted by Crippen LogP contribution is -2.48. The first-order valence-corrected chi connectivity index (χ1v) is 22.0. The molecule has 17 nitrogen and oxygen atoms in total. The van der Waals surface area contributed by atoms with Gasteiger partial charge >= 0.3 is 6.09 Å². The zero-order valence-corrected chi connectivity index (χ0v) is 37.8. The van der Waals surface area contributed by atoms with Crippen LogP contribution in [0, 0.1) is 6.92 Å². The number of ether oxygens (including phenoxy) is 8. The maximum atomic E-state index is 13.7. The van der Waals surface area contributed by atoms with Crippen LogP contribution in [0.2, 0.25) is 0 Å². The van der Waals surface area contributed by atoms with Gasteiger partial charge in [0.25, 0.3) is 5.91 Å². The van der Waals surface area contributed by atoms with E-state index >= 15 is 0 Å². The summed E-state index contributed by atoms with van der Waals surface area (Å²) in [6.07, 6.45) is 6.75. The van der Waals surface area contributed by atoms with Crippen LogP contribution in [0.5, 0.6) is 5.75 Å².